The molecule has 0 N–H and O–H groups in total. The molecule has 0 saturated heterocycles. The zero-order valence-corrected chi connectivity index (χ0v) is 9.21. The number of ether oxygens (including phenoxy) is 1. The molecule has 1 aromatic heterocycles. The van der Waals surface area contributed by atoms with E-state index in [2.05, 4.69) is 4.98 Å². The van der Waals surface area contributed by atoms with Crippen LogP contribution in [0, 0.1) is 10.1 Å². The monoisotopic (exact) mass is 223 g/mol. The number of rotatable bonds is 4. The van der Waals surface area contributed by atoms with Crippen molar-refractivity contribution in [1.82, 2.24) is 4.98 Å². The zero-order chi connectivity index (χ0) is 11.7. The Hall–Kier alpha value is -1.85. The zero-order valence-electron chi connectivity index (χ0n) is 9.21. The van der Waals surface area contributed by atoms with Gasteiger partial charge in [0, 0.05) is 20.2 Å². The Labute approximate surface area is 93.0 Å². The van der Waals surface area contributed by atoms with Crippen molar-refractivity contribution in [2.24, 2.45) is 0 Å². The van der Waals surface area contributed by atoms with Crippen molar-refractivity contribution < 1.29 is 9.66 Å². The second kappa shape index (κ2) is 3.96. The van der Waals surface area contributed by atoms with Crippen LogP contribution in [0.4, 0.5) is 11.5 Å². The maximum absolute atomic E-state index is 10.8. The summed E-state index contributed by atoms with van der Waals surface area (Å²) in [5, 5.41) is 10.8. The Morgan fingerprint density at radius 3 is 2.75 bits per heavy atom. The number of nitro groups is 1. The minimum absolute atomic E-state index is 0.113. The van der Waals surface area contributed by atoms with Crippen molar-refractivity contribution in [3.63, 3.8) is 0 Å². The van der Waals surface area contributed by atoms with E-state index >= 15 is 0 Å². The van der Waals surface area contributed by atoms with Gasteiger partial charge in [-0.05, 0) is 22.7 Å². The van der Waals surface area contributed by atoms with Crippen molar-refractivity contribution in [2.45, 2.75) is 18.9 Å². The molecule has 0 radical (unpaired) electrons. The maximum Gasteiger partial charge on any atom is 0.408 e. The second-order valence-corrected chi connectivity index (χ2v) is 3.95. The smallest absolute Gasteiger partial charge is 0.408 e. The van der Waals surface area contributed by atoms with Gasteiger partial charge in [0.1, 0.15) is 6.20 Å². The first-order valence-corrected chi connectivity index (χ1v) is 5.07. The van der Waals surface area contributed by atoms with E-state index in [0.717, 1.165) is 12.8 Å². The van der Waals surface area contributed by atoms with Crippen LogP contribution in [0.1, 0.15) is 12.8 Å². The molecule has 6 nitrogen and oxygen atoms in total. The quantitative estimate of drug-likeness (QED) is 0.572. The van der Waals surface area contributed by atoms with Gasteiger partial charge < -0.3 is 19.8 Å². The Morgan fingerprint density at radius 2 is 2.25 bits per heavy atom. The molecule has 0 amide bonds. The lowest BCUT2D eigenvalue weighted by Crippen LogP contribution is -2.13. The Morgan fingerprint density at radius 1 is 1.56 bits per heavy atom. The molecule has 2 rings (SSSR count). The Kier molecular flexibility index (Phi) is 2.64. The summed E-state index contributed by atoms with van der Waals surface area (Å²) in [7, 11) is 3.64. The molecule has 1 aliphatic rings. The molecule has 1 fully saturated rings. The number of hydrogen-bond donors (Lipinski definition) is 0. The first-order chi connectivity index (χ1) is 7.59. The fraction of sp³-hybridized carbons (Fsp3) is 0.500. The molecule has 6 heteroatoms. The van der Waals surface area contributed by atoms with Crippen LogP contribution in [0.25, 0.3) is 0 Å². The molecule has 1 aromatic rings. The van der Waals surface area contributed by atoms with Gasteiger partial charge in [-0.1, -0.05) is 0 Å². The van der Waals surface area contributed by atoms with Crippen molar-refractivity contribution >= 4 is 11.5 Å². The standard InChI is InChI=1S/C10H13N3O3/c1-12(2)8-5-6-11-10(13(14)15)9(8)16-7-3-4-7/h5-7H,3-4H2,1-2H3. The van der Waals surface area contributed by atoms with Gasteiger partial charge in [0.15, 0.2) is 0 Å². The highest BCUT2D eigenvalue weighted by Gasteiger charge is 2.30. The number of aromatic nitrogens is 1. The third-order valence-electron chi connectivity index (χ3n) is 2.33. The molecule has 16 heavy (non-hydrogen) atoms. The van der Waals surface area contributed by atoms with Crippen molar-refractivity contribution in [3.8, 4) is 5.75 Å². The molecule has 0 spiro atoms. The molecule has 0 atom stereocenters. The van der Waals surface area contributed by atoms with E-state index in [9.17, 15) is 10.1 Å². The second-order valence-electron chi connectivity index (χ2n) is 3.95. The van der Waals surface area contributed by atoms with E-state index in [1.54, 1.807) is 11.0 Å². The minimum atomic E-state index is -0.509. The average Bonchev–Trinajstić information content (AvgIpc) is 3.01. The van der Waals surface area contributed by atoms with Crippen LogP contribution in [0.15, 0.2) is 12.3 Å². The number of anilines is 1. The van der Waals surface area contributed by atoms with E-state index in [-0.39, 0.29) is 17.7 Å². The summed E-state index contributed by atoms with van der Waals surface area (Å²) in [6, 6.07) is 1.71. The highest BCUT2D eigenvalue weighted by Crippen LogP contribution is 2.38. The summed E-state index contributed by atoms with van der Waals surface area (Å²) in [5.41, 5.74) is 0.689. The first kappa shape index (κ1) is 10.7. The normalized spacial score (nSPS) is 14.6. The van der Waals surface area contributed by atoms with Crippen LogP contribution in [0.5, 0.6) is 5.75 Å². The Bertz CT molecular complexity index is 416. The number of pyridine rings is 1. The molecule has 86 valence electrons. The third kappa shape index (κ3) is 2.05. The minimum Gasteiger partial charge on any atom is -0.481 e. The van der Waals surface area contributed by atoms with Crippen LogP contribution >= 0.6 is 0 Å². The largest absolute Gasteiger partial charge is 0.481 e. The van der Waals surface area contributed by atoms with Gasteiger partial charge in [0.05, 0.1) is 11.8 Å². The summed E-state index contributed by atoms with van der Waals surface area (Å²) in [6.45, 7) is 0. The topological polar surface area (TPSA) is 68.5 Å². The fourth-order valence-electron chi connectivity index (χ4n) is 1.38. The molecule has 0 bridgehead atoms. The van der Waals surface area contributed by atoms with Crippen LogP contribution in [0.3, 0.4) is 0 Å². The first-order valence-electron chi connectivity index (χ1n) is 5.07. The molecule has 0 aliphatic heterocycles. The summed E-state index contributed by atoms with van der Waals surface area (Å²) < 4.78 is 5.56. The van der Waals surface area contributed by atoms with Gasteiger partial charge in [-0.2, -0.15) is 0 Å². The van der Waals surface area contributed by atoms with Gasteiger partial charge >= 0.3 is 5.82 Å². The van der Waals surface area contributed by atoms with Crippen LogP contribution < -0.4 is 9.64 Å². The fourth-order valence-corrected chi connectivity index (χ4v) is 1.38. The maximum atomic E-state index is 10.8. The predicted molar refractivity (Wildman–Crippen MR) is 58.9 cm³/mol. The molecule has 1 heterocycles. The Balaban J connectivity index is 2.42. The lowest BCUT2D eigenvalue weighted by atomic mass is 10.3. The van der Waals surface area contributed by atoms with E-state index < -0.39 is 4.92 Å². The van der Waals surface area contributed by atoms with E-state index in [1.165, 1.54) is 6.20 Å². The highest BCUT2D eigenvalue weighted by atomic mass is 16.6. The lowest BCUT2D eigenvalue weighted by molar-refractivity contribution is -0.390. The van der Waals surface area contributed by atoms with Crippen molar-refractivity contribution in [2.75, 3.05) is 19.0 Å². The molecular weight excluding hydrogens is 210 g/mol. The van der Waals surface area contributed by atoms with E-state index in [1.807, 2.05) is 14.1 Å². The summed E-state index contributed by atoms with van der Waals surface area (Å²) in [6.07, 6.45) is 3.45. The molecular formula is C10H13N3O3. The van der Waals surface area contributed by atoms with Gasteiger partial charge in [0.25, 0.3) is 0 Å². The summed E-state index contributed by atoms with van der Waals surface area (Å²) in [5.74, 6) is 0.0677. The van der Waals surface area contributed by atoms with Crippen molar-refractivity contribution in [1.29, 1.82) is 0 Å². The molecule has 0 unspecified atom stereocenters. The predicted octanol–water partition coefficient (Wildman–Crippen LogP) is 1.60. The van der Waals surface area contributed by atoms with E-state index in [4.69, 9.17) is 4.74 Å². The van der Waals surface area contributed by atoms with Gasteiger partial charge in [-0.3, -0.25) is 0 Å². The number of hydrogen-bond acceptors (Lipinski definition) is 5. The average molecular weight is 223 g/mol. The molecule has 1 saturated carbocycles. The summed E-state index contributed by atoms with van der Waals surface area (Å²) >= 11 is 0. The van der Waals surface area contributed by atoms with Gasteiger partial charge in [-0.25, -0.2) is 0 Å². The highest BCUT2D eigenvalue weighted by molar-refractivity contribution is 5.64. The van der Waals surface area contributed by atoms with Gasteiger partial charge in [-0.15, -0.1) is 0 Å². The summed E-state index contributed by atoms with van der Waals surface area (Å²) in [4.78, 5) is 15.9. The van der Waals surface area contributed by atoms with Gasteiger partial charge in [0.2, 0.25) is 5.75 Å². The SMILES string of the molecule is CN(C)c1ccnc([N+](=O)[O-])c1OC1CC1. The van der Waals surface area contributed by atoms with Crippen molar-refractivity contribution in [3.05, 3.63) is 22.4 Å². The van der Waals surface area contributed by atoms with Crippen LogP contribution in [-0.2, 0) is 0 Å². The number of nitrogens with zero attached hydrogens (tertiary/aromatic N) is 3. The van der Waals surface area contributed by atoms with Crippen LogP contribution in [0.2, 0.25) is 0 Å². The van der Waals surface area contributed by atoms with E-state index in [0.29, 0.717) is 5.69 Å². The molecule has 0 aromatic carbocycles. The van der Waals surface area contributed by atoms with Crippen LogP contribution in [-0.4, -0.2) is 30.1 Å². The lowest BCUT2D eigenvalue weighted by Gasteiger charge is -2.16. The third-order valence-corrected chi connectivity index (χ3v) is 2.33. The molecule has 1 aliphatic carbocycles.